The van der Waals surface area contributed by atoms with Crippen LogP contribution in [0.25, 0.3) is 5.57 Å². The van der Waals surface area contributed by atoms with E-state index >= 15 is 0 Å². The van der Waals surface area contributed by atoms with Crippen LogP contribution in [0.4, 0.5) is 18.0 Å². The smallest absolute Gasteiger partial charge is 0.416 e. The fraction of sp³-hybridized carbons (Fsp3) is 0.158. The van der Waals surface area contributed by atoms with Crippen molar-refractivity contribution in [2.45, 2.75) is 6.18 Å². The first kappa shape index (κ1) is 20.6. The molecule has 0 spiro atoms. The maximum Gasteiger partial charge on any atom is 0.416 e. The summed E-state index contributed by atoms with van der Waals surface area (Å²) in [6, 6.07) is 11.5. The summed E-state index contributed by atoms with van der Waals surface area (Å²) < 4.78 is 42.9. The first-order valence-electron chi connectivity index (χ1n) is 7.74. The monoisotopic (exact) mass is 395 g/mol. The molecule has 142 valence electrons. The molecule has 0 fully saturated rings. The Morgan fingerprint density at radius 3 is 2.22 bits per heavy atom. The van der Waals surface area contributed by atoms with Crippen molar-refractivity contribution in [3.8, 4) is 0 Å². The third-order valence-corrected chi connectivity index (χ3v) is 4.13. The zero-order valence-corrected chi connectivity index (χ0v) is 15.7. The van der Waals surface area contributed by atoms with Crippen LogP contribution >= 0.6 is 9.24 Å². The van der Waals surface area contributed by atoms with Crippen LogP contribution in [0.1, 0.15) is 16.7 Å². The van der Waals surface area contributed by atoms with Gasteiger partial charge in [0.2, 0.25) is 0 Å². The lowest BCUT2D eigenvalue weighted by atomic mass is 9.96. The highest BCUT2D eigenvalue weighted by molar-refractivity contribution is 7.27. The number of rotatable bonds is 3. The molecule has 0 aliphatic rings. The van der Waals surface area contributed by atoms with Crippen molar-refractivity contribution in [1.82, 2.24) is 4.90 Å². The number of methoxy groups -OCH3 is 1. The van der Waals surface area contributed by atoms with Crippen molar-refractivity contribution in [2.24, 2.45) is 0 Å². The van der Waals surface area contributed by atoms with E-state index in [0.717, 1.165) is 29.4 Å². The lowest BCUT2D eigenvalue weighted by molar-refractivity contribution is -0.137. The molecule has 27 heavy (non-hydrogen) atoms. The van der Waals surface area contributed by atoms with Crippen LogP contribution in [0.15, 0.2) is 54.6 Å². The van der Waals surface area contributed by atoms with Gasteiger partial charge in [0.1, 0.15) is 0 Å². The van der Waals surface area contributed by atoms with Gasteiger partial charge in [-0.25, -0.2) is 9.69 Å². The van der Waals surface area contributed by atoms with E-state index in [9.17, 15) is 22.8 Å². The van der Waals surface area contributed by atoms with Gasteiger partial charge in [-0.15, -0.1) is 9.24 Å². The highest BCUT2D eigenvalue weighted by Gasteiger charge is 2.30. The molecule has 0 radical (unpaired) electrons. The number of imide groups is 1. The molecule has 0 aromatic heterocycles. The Hall–Kier alpha value is -2.66. The Morgan fingerprint density at radius 2 is 1.70 bits per heavy atom. The lowest BCUT2D eigenvalue weighted by Gasteiger charge is -2.15. The molecule has 4 nitrogen and oxygen atoms in total. The molecule has 0 saturated carbocycles. The second-order valence-electron chi connectivity index (χ2n) is 5.63. The van der Waals surface area contributed by atoms with Crippen LogP contribution in [-0.2, 0) is 15.7 Å². The van der Waals surface area contributed by atoms with E-state index in [-0.39, 0.29) is 0 Å². The topological polar surface area (TPSA) is 46.6 Å². The van der Waals surface area contributed by atoms with Gasteiger partial charge in [0.05, 0.1) is 12.7 Å². The molecule has 2 aromatic carbocycles. The number of carbonyl (C=O) groups is 2. The van der Waals surface area contributed by atoms with Crippen LogP contribution in [0.5, 0.6) is 0 Å². The van der Waals surface area contributed by atoms with Crippen LogP contribution in [0.3, 0.4) is 0 Å². The number of likely N-dealkylation sites (N-methyl/N-ethyl adjacent to an activating group) is 1. The molecule has 2 rings (SSSR count). The number of amides is 2. The SMILES string of the molecule is COC(=O)N(C)C(=O)C=C(c1ccc(C(F)(F)F)cc1)c1cccc(P)c1. The molecule has 8 heteroatoms. The maximum absolute atomic E-state index is 12.8. The molecule has 1 unspecified atom stereocenters. The van der Waals surface area contributed by atoms with Crippen molar-refractivity contribution in [3.63, 3.8) is 0 Å². The van der Waals surface area contributed by atoms with Gasteiger partial charge in [0, 0.05) is 13.1 Å². The number of hydrogen-bond acceptors (Lipinski definition) is 3. The zero-order valence-electron chi connectivity index (χ0n) is 14.6. The predicted octanol–water partition coefficient (Wildman–Crippen LogP) is 3.86. The van der Waals surface area contributed by atoms with Gasteiger partial charge in [-0.3, -0.25) is 4.79 Å². The summed E-state index contributed by atoms with van der Waals surface area (Å²) in [7, 11) is 4.90. The van der Waals surface area contributed by atoms with E-state index in [0.29, 0.717) is 16.7 Å². The van der Waals surface area contributed by atoms with Gasteiger partial charge in [-0.1, -0.05) is 30.3 Å². The number of alkyl halides is 3. The van der Waals surface area contributed by atoms with E-state index in [2.05, 4.69) is 14.0 Å². The fourth-order valence-corrected chi connectivity index (χ4v) is 2.62. The molecule has 0 heterocycles. The Labute approximate surface area is 156 Å². The third-order valence-electron chi connectivity index (χ3n) is 3.77. The van der Waals surface area contributed by atoms with Gasteiger partial charge in [0.15, 0.2) is 0 Å². The van der Waals surface area contributed by atoms with E-state index in [4.69, 9.17) is 0 Å². The largest absolute Gasteiger partial charge is 0.452 e. The summed E-state index contributed by atoms with van der Waals surface area (Å²) >= 11 is 0. The first-order valence-corrected chi connectivity index (χ1v) is 8.32. The molecular formula is C19H17F3NO3P. The van der Waals surface area contributed by atoms with E-state index in [1.54, 1.807) is 18.2 Å². The number of carbonyl (C=O) groups excluding carboxylic acids is 2. The van der Waals surface area contributed by atoms with Gasteiger partial charge >= 0.3 is 12.3 Å². The second-order valence-corrected chi connectivity index (χ2v) is 6.29. The summed E-state index contributed by atoms with van der Waals surface area (Å²) in [6.45, 7) is 0. The zero-order chi connectivity index (χ0) is 20.2. The standard InChI is InChI=1S/C19H17F3NO3P/c1-23(18(25)26-2)17(24)11-16(13-4-3-5-15(27)10-13)12-6-8-14(9-7-12)19(20,21)22/h3-11H,27H2,1-2H3. The number of nitrogens with zero attached hydrogens (tertiary/aromatic N) is 1. The Kier molecular flexibility index (Phi) is 6.39. The number of hydrogen-bond donors (Lipinski definition) is 0. The van der Waals surface area contributed by atoms with Crippen molar-refractivity contribution in [2.75, 3.05) is 14.2 Å². The number of halogens is 3. The lowest BCUT2D eigenvalue weighted by Crippen LogP contribution is -2.31. The van der Waals surface area contributed by atoms with Crippen LogP contribution in [-0.4, -0.2) is 31.1 Å². The molecule has 2 amide bonds. The molecule has 2 aromatic rings. The average Bonchev–Trinajstić information content (AvgIpc) is 2.64. The van der Waals surface area contributed by atoms with Gasteiger partial charge in [-0.05, 0) is 40.2 Å². The summed E-state index contributed by atoms with van der Waals surface area (Å²) in [5, 5.41) is 0.832. The highest BCUT2D eigenvalue weighted by atomic mass is 31.0. The summed E-state index contributed by atoms with van der Waals surface area (Å²) in [5.41, 5.74) is 0.622. The maximum atomic E-state index is 12.8. The van der Waals surface area contributed by atoms with E-state index in [1.807, 2.05) is 6.07 Å². The Balaban J connectivity index is 2.52. The molecule has 0 aliphatic carbocycles. The van der Waals surface area contributed by atoms with Gasteiger partial charge in [-0.2, -0.15) is 13.2 Å². The van der Waals surface area contributed by atoms with Crippen molar-refractivity contribution < 1.29 is 27.5 Å². The second kappa shape index (κ2) is 8.35. The summed E-state index contributed by atoms with van der Waals surface area (Å²) in [4.78, 5) is 24.7. The molecule has 0 aliphatic heterocycles. The third kappa shape index (κ3) is 5.17. The predicted molar refractivity (Wildman–Crippen MR) is 99.5 cm³/mol. The molecular weight excluding hydrogens is 378 g/mol. The number of benzene rings is 2. The fourth-order valence-electron chi connectivity index (χ4n) is 2.33. The number of ether oxygens (including phenoxy) is 1. The van der Waals surface area contributed by atoms with Crippen LogP contribution in [0, 0.1) is 0 Å². The molecule has 1 atom stereocenters. The molecule has 0 bridgehead atoms. The van der Waals surface area contributed by atoms with Gasteiger partial charge < -0.3 is 4.74 Å². The Bertz CT molecular complexity index is 877. The van der Waals surface area contributed by atoms with Crippen molar-refractivity contribution >= 4 is 32.1 Å². The summed E-state index contributed by atoms with van der Waals surface area (Å²) in [5.74, 6) is -0.661. The normalized spacial score (nSPS) is 11.9. The highest BCUT2D eigenvalue weighted by Crippen LogP contribution is 2.31. The minimum Gasteiger partial charge on any atom is -0.452 e. The minimum atomic E-state index is -4.46. The summed E-state index contributed by atoms with van der Waals surface area (Å²) in [6.07, 6.45) is -4.11. The van der Waals surface area contributed by atoms with Gasteiger partial charge in [0.25, 0.3) is 5.91 Å². The van der Waals surface area contributed by atoms with Crippen LogP contribution in [0.2, 0.25) is 0 Å². The molecule has 0 N–H and O–H groups in total. The molecule has 0 saturated heterocycles. The van der Waals surface area contributed by atoms with Crippen molar-refractivity contribution in [1.29, 1.82) is 0 Å². The Morgan fingerprint density at radius 1 is 1.07 bits per heavy atom. The van der Waals surface area contributed by atoms with Crippen molar-refractivity contribution in [3.05, 3.63) is 71.3 Å². The van der Waals surface area contributed by atoms with E-state index < -0.39 is 23.7 Å². The van der Waals surface area contributed by atoms with Crippen LogP contribution < -0.4 is 5.30 Å². The van der Waals surface area contributed by atoms with E-state index in [1.165, 1.54) is 25.3 Å². The quantitative estimate of drug-likeness (QED) is 0.586. The minimum absolute atomic E-state index is 0.383. The average molecular weight is 395 g/mol. The first-order chi connectivity index (χ1) is 12.6.